The molecule has 180 valence electrons. The van der Waals surface area contributed by atoms with Gasteiger partial charge in [-0.15, -0.1) is 0 Å². The smallest absolute Gasteiger partial charge is 0.870 e. The second-order valence-electron chi connectivity index (χ2n) is 6.58. The minimum Gasteiger partial charge on any atom is -0.870 e. The normalized spacial score (nSPS) is 14.1. The van der Waals surface area contributed by atoms with Gasteiger partial charge in [0.05, 0.1) is 23.8 Å². The van der Waals surface area contributed by atoms with Crippen molar-refractivity contribution in [2.45, 2.75) is 30.9 Å². The van der Waals surface area contributed by atoms with Crippen LogP contribution in [0, 0.1) is 5.82 Å². The number of benzene rings is 2. The predicted octanol–water partition coefficient (Wildman–Crippen LogP) is 4.15. The van der Waals surface area contributed by atoms with Crippen molar-refractivity contribution in [3.8, 4) is 0 Å². The van der Waals surface area contributed by atoms with E-state index in [9.17, 15) is 40.6 Å². The third-order valence-electron chi connectivity index (χ3n) is 4.38. The standard InChI is InChI=1S/C19H16F7NO3.Ba.2H2O/c1-10(11-6-13(18(21,22)23)8-14(7-11)19(24,25)26)30-9-17(27,16(28)29)12-2-4-15(20)5-3-12;;;/h2-8,10H,9,27H2,1H3,(H,28,29);;2*1H2/q;+2;;/p-2/t10-,17-;;;/m1.../s1. The van der Waals surface area contributed by atoms with Crippen molar-refractivity contribution in [2.24, 2.45) is 5.73 Å². The van der Waals surface area contributed by atoms with Crippen molar-refractivity contribution in [3.05, 3.63) is 70.5 Å². The Bertz CT molecular complexity index is 890. The van der Waals surface area contributed by atoms with E-state index in [1.165, 1.54) is 0 Å². The maximum Gasteiger partial charge on any atom is 2.00 e. The summed E-state index contributed by atoms with van der Waals surface area (Å²) >= 11 is 0. The van der Waals surface area contributed by atoms with Crippen molar-refractivity contribution in [1.29, 1.82) is 0 Å². The summed E-state index contributed by atoms with van der Waals surface area (Å²) in [5.41, 5.74) is 0.0252. The van der Waals surface area contributed by atoms with Crippen LogP contribution < -0.4 is 5.73 Å². The minimum atomic E-state index is -5.04. The van der Waals surface area contributed by atoms with E-state index < -0.39 is 59.1 Å². The zero-order chi connectivity index (χ0) is 22.9. The molecule has 0 amide bonds. The van der Waals surface area contributed by atoms with Gasteiger partial charge in [-0.2, -0.15) is 26.3 Å². The molecule has 0 bridgehead atoms. The Hall–Kier alpha value is -1.17. The number of alkyl halides is 6. The summed E-state index contributed by atoms with van der Waals surface area (Å²) in [6.07, 6.45) is -11.4. The predicted molar refractivity (Wildman–Crippen MR) is 100 cm³/mol. The molecule has 0 saturated heterocycles. The summed E-state index contributed by atoms with van der Waals surface area (Å²) < 4.78 is 96.3. The van der Waals surface area contributed by atoms with Gasteiger partial charge in [0.1, 0.15) is 5.82 Å². The first-order chi connectivity index (χ1) is 13.6. The molecular formula is C19H18BaF7NO5. The molecule has 2 aromatic carbocycles. The third kappa shape index (κ3) is 8.52. The zero-order valence-electron chi connectivity index (χ0n) is 16.9. The Morgan fingerprint density at radius 1 is 0.939 bits per heavy atom. The van der Waals surface area contributed by atoms with Gasteiger partial charge < -0.3 is 26.5 Å². The molecule has 6 nitrogen and oxygen atoms in total. The van der Waals surface area contributed by atoms with Crippen LogP contribution in [0.4, 0.5) is 30.7 Å². The van der Waals surface area contributed by atoms with Gasteiger partial charge in [0, 0.05) is 0 Å². The van der Waals surface area contributed by atoms with Gasteiger partial charge in [-0.25, -0.2) is 9.18 Å². The Labute approximate surface area is 223 Å². The molecule has 0 fully saturated rings. The first-order valence-electron chi connectivity index (χ1n) is 8.34. The first kappa shape index (κ1) is 34.0. The fraction of sp³-hybridized carbons (Fsp3) is 0.316. The summed E-state index contributed by atoms with van der Waals surface area (Å²) in [5, 5.41) is 9.44. The maximum atomic E-state index is 13.1. The van der Waals surface area contributed by atoms with Gasteiger partial charge in [0.2, 0.25) is 0 Å². The van der Waals surface area contributed by atoms with Crippen molar-refractivity contribution < 1.29 is 56.3 Å². The van der Waals surface area contributed by atoms with Crippen LogP contribution in [-0.2, 0) is 27.4 Å². The number of hydrogen-bond donors (Lipinski definition) is 2. The van der Waals surface area contributed by atoms with Gasteiger partial charge in [-0.1, -0.05) is 12.1 Å². The van der Waals surface area contributed by atoms with Crippen LogP contribution in [0.15, 0.2) is 42.5 Å². The molecular weight excluding hydrogens is 593 g/mol. The number of hydrogen-bond acceptors (Lipinski definition) is 5. The summed E-state index contributed by atoms with van der Waals surface area (Å²) in [7, 11) is 0. The van der Waals surface area contributed by atoms with E-state index in [4.69, 9.17) is 10.5 Å². The van der Waals surface area contributed by atoms with Crippen LogP contribution in [0.2, 0.25) is 0 Å². The Balaban J connectivity index is 0. The van der Waals surface area contributed by atoms with E-state index in [1.807, 2.05) is 0 Å². The molecule has 0 radical (unpaired) electrons. The van der Waals surface area contributed by atoms with E-state index >= 15 is 0 Å². The third-order valence-corrected chi connectivity index (χ3v) is 4.38. The molecule has 0 saturated carbocycles. The summed E-state index contributed by atoms with van der Waals surface area (Å²) in [5.74, 6) is -2.24. The molecule has 0 aromatic heterocycles. The van der Waals surface area contributed by atoms with Crippen LogP contribution >= 0.6 is 0 Å². The largest absolute Gasteiger partial charge is 2.00 e. The van der Waals surface area contributed by atoms with Crippen LogP contribution in [0.3, 0.4) is 0 Å². The van der Waals surface area contributed by atoms with Gasteiger partial charge in [0.15, 0.2) is 5.54 Å². The van der Waals surface area contributed by atoms with E-state index in [1.54, 1.807) is 0 Å². The fourth-order valence-corrected chi connectivity index (χ4v) is 2.58. The number of halogens is 7. The molecule has 2 rings (SSSR count). The quantitative estimate of drug-likeness (QED) is 0.373. The van der Waals surface area contributed by atoms with Gasteiger partial charge in [-0.05, 0) is 48.4 Å². The molecule has 2 atom stereocenters. The molecule has 0 aliphatic carbocycles. The SMILES string of the molecule is C[C@@H](OC[C@](N)(C(=O)O)c1ccc(F)cc1)c1cc(C(F)(F)F)cc(C(F)(F)F)c1.[Ba+2].[OH-].[OH-]. The van der Waals surface area contributed by atoms with Crippen molar-refractivity contribution in [3.63, 3.8) is 0 Å². The summed E-state index contributed by atoms with van der Waals surface area (Å²) in [4.78, 5) is 11.6. The monoisotopic (exact) mass is 611 g/mol. The van der Waals surface area contributed by atoms with Gasteiger partial charge in [-0.3, -0.25) is 0 Å². The summed E-state index contributed by atoms with van der Waals surface area (Å²) in [6.45, 7) is 0.356. The molecule has 0 aliphatic rings. The maximum absolute atomic E-state index is 13.1. The first-order valence-corrected chi connectivity index (χ1v) is 8.34. The molecule has 5 N–H and O–H groups in total. The Morgan fingerprint density at radius 2 is 1.36 bits per heavy atom. The Kier molecular flexibility index (Phi) is 12.9. The number of carboxylic acids is 1. The van der Waals surface area contributed by atoms with Crippen LogP contribution in [0.25, 0.3) is 0 Å². The van der Waals surface area contributed by atoms with Crippen LogP contribution in [0.5, 0.6) is 0 Å². The molecule has 2 aromatic rings. The van der Waals surface area contributed by atoms with Crippen LogP contribution in [0.1, 0.15) is 35.3 Å². The molecule has 0 unspecified atom stereocenters. The average molecular weight is 611 g/mol. The zero-order valence-corrected chi connectivity index (χ0v) is 21.4. The molecule has 0 spiro atoms. The molecule has 0 heterocycles. The Morgan fingerprint density at radius 3 is 1.73 bits per heavy atom. The summed E-state index contributed by atoms with van der Waals surface area (Å²) in [6, 6.07) is 5.01. The van der Waals surface area contributed by atoms with Crippen molar-refractivity contribution >= 4 is 54.9 Å². The van der Waals surface area contributed by atoms with Crippen molar-refractivity contribution in [2.75, 3.05) is 6.61 Å². The number of nitrogens with two attached hydrogens (primary N) is 1. The van der Waals surface area contributed by atoms with E-state index in [0.717, 1.165) is 31.2 Å². The topological polar surface area (TPSA) is 133 Å². The molecule has 0 aliphatic heterocycles. The van der Waals surface area contributed by atoms with E-state index in [0.29, 0.717) is 12.1 Å². The number of carbonyl (C=O) groups is 1. The average Bonchev–Trinajstić information content (AvgIpc) is 2.64. The fourth-order valence-electron chi connectivity index (χ4n) is 2.58. The second kappa shape index (κ2) is 12.5. The van der Waals surface area contributed by atoms with Crippen molar-refractivity contribution in [1.82, 2.24) is 0 Å². The number of aliphatic carboxylic acids is 1. The van der Waals surface area contributed by atoms with E-state index in [-0.39, 0.29) is 71.5 Å². The molecule has 14 heteroatoms. The van der Waals surface area contributed by atoms with Gasteiger partial charge >= 0.3 is 67.2 Å². The second-order valence-corrected chi connectivity index (χ2v) is 6.58. The van der Waals surface area contributed by atoms with Gasteiger partial charge in [0.25, 0.3) is 0 Å². The number of ether oxygens (including phenoxy) is 1. The minimum absolute atomic E-state index is 0. The molecule has 33 heavy (non-hydrogen) atoms. The van der Waals surface area contributed by atoms with E-state index in [2.05, 4.69) is 0 Å². The van der Waals surface area contributed by atoms with Crippen LogP contribution in [-0.4, -0.2) is 77.5 Å². The number of rotatable bonds is 6. The number of carboxylic acid groups (broad SMARTS) is 1.